The Labute approximate surface area is 117 Å². The Bertz CT molecular complexity index is 515. The largest absolute Gasteiger partial charge is 0.394 e. The lowest BCUT2D eigenvalue weighted by Gasteiger charge is -2.28. The molecule has 0 fully saturated rings. The molecule has 1 heterocycles. The summed E-state index contributed by atoms with van der Waals surface area (Å²) in [5.74, 6) is 0. The van der Waals surface area contributed by atoms with Crippen molar-refractivity contribution in [1.29, 1.82) is 0 Å². The maximum Gasteiger partial charge on any atom is 0.0884 e. The summed E-state index contributed by atoms with van der Waals surface area (Å²) >= 11 is 0. The summed E-state index contributed by atoms with van der Waals surface area (Å²) in [4.78, 5) is 0. The van der Waals surface area contributed by atoms with Crippen molar-refractivity contribution in [3.63, 3.8) is 0 Å². The van der Waals surface area contributed by atoms with Gasteiger partial charge in [-0.1, -0.05) is 30.3 Å². The summed E-state index contributed by atoms with van der Waals surface area (Å²) in [6, 6.07) is 9.74. The molecular formula is C14H19N3O3. The van der Waals surface area contributed by atoms with Gasteiger partial charge in [-0.15, -0.1) is 0 Å². The maximum atomic E-state index is 9.29. The number of H-pyrrole nitrogens is 1. The molecule has 0 saturated carbocycles. The van der Waals surface area contributed by atoms with Crippen molar-refractivity contribution < 1.29 is 15.3 Å². The van der Waals surface area contributed by atoms with Crippen molar-refractivity contribution in [3.05, 3.63) is 42.1 Å². The second-order valence-corrected chi connectivity index (χ2v) is 4.74. The molecule has 0 aliphatic carbocycles. The van der Waals surface area contributed by atoms with Crippen molar-refractivity contribution in [2.24, 2.45) is 0 Å². The number of aliphatic hydroxyl groups is 3. The van der Waals surface area contributed by atoms with E-state index in [-0.39, 0.29) is 19.8 Å². The Morgan fingerprint density at radius 2 is 1.70 bits per heavy atom. The summed E-state index contributed by atoms with van der Waals surface area (Å²) in [5.41, 5.74) is 1.69. The molecule has 0 saturated heterocycles. The van der Waals surface area contributed by atoms with Crippen molar-refractivity contribution in [3.8, 4) is 11.3 Å². The highest BCUT2D eigenvalue weighted by atomic mass is 16.3. The first-order valence-electron chi connectivity index (χ1n) is 6.40. The van der Waals surface area contributed by atoms with Crippen LogP contribution in [-0.4, -0.2) is 50.9 Å². The van der Waals surface area contributed by atoms with Gasteiger partial charge >= 0.3 is 0 Å². The third kappa shape index (κ3) is 3.05. The summed E-state index contributed by atoms with van der Waals surface area (Å²) in [6.07, 6.45) is 1.69. The lowest BCUT2D eigenvalue weighted by atomic mass is 10.0. The van der Waals surface area contributed by atoms with E-state index < -0.39 is 5.54 Å². The zero-order chi connectivity index (χ0) is 14.4. The van der Waals surface area contributed by atoms with Gasteiger partial charge < -0.3 is 20.6 Å². The molecule has 1 aromatic heterocycles. The van der Waals surface area contributed by atoms with Crippen molar-refractivity contribution in [2.75, 3.05) is 19.8 Å². The molecule has 0 aliphatic heterocycles. The molecule has 20 heavy (non-hydrogen) atoms. The summed E-state index contributed by atoms with van der Waals surface area (Å²) in [7, 11) is 0. The first-order chi connectivity index (χ1) is 9.74. The number of hydrogen-bond donors (Lipinski definition) is 5. The molecule has 108 valence electrons. The van der Waals surface area contributed by atoms with Crippen LogP contribution >= 0.6 is 0 Å². The standard InChI is InChI=1S/C14H19N3O3/c18-8-14(9-19,10-20)15-6-12-7-16-17-13(12)11-4-2-1-3-5-11/h1-5,7,15,18-20H,6,8-10H2,(H,16,17). The van der Waals surface area contributed by atoms with E-state index >= 15 is 0 Å². The predicted molar refractivity (Wildman–Crippen MR) is 74.9 cm³/mol. The van der Waals surface area contributed by atoms with Crippen LogP contribution in [0.3, 0.4) is 0 Å². The van der Waals surface area contributed by atoms with E-state index in [2.05, 4.69) is 15.5 Å². The summed E-state index contributed by atoms with van der Waals surface area (Å²) < 4.78 is 0. The lowest BCUT2D eigenvalue weighted by molar-refractivity contribution is 0.0414. The Morgan fingerprint density at radius 3 is 2.30 bits per heavy atom. The van der Waals surface area contributed by atoms with Crippen LogP contribution in [0.4, 0.5) is 0 Å². The van der Waals surface area contributed by atoms with Gasteiger partial charge in [0.25, 0.3) is 0 Å². The molecule has 0 aliphatic rings. The molecule has 0 atom stereocenters. The van der Waals surface area contributed by atoms with E-state index in [1.54, 1.807) is 6.20 Å². The van der Waals surface area contributed by atoms with Gasteiger partial charge in [-0.05, 0) is 5.56 Å². The summed E-state index contributed by atoms with van der Waals surface area (Å²) in [6.45, 7) is -0.669. The Hall–Kier alpha value is -1.73. The number of rotatable bonds is 7. The van der Waals surface area contributed by atoms with E-state index in [1.165, 1.54) is 0 Å². The Balaban J connectivity index is 2.14. The molecular weight excluding hydrogens is 258 g/mol. The van der Waals surface area contributed by atoms with Gasteiger partial charge in [-0.2, -0.15) is 5.10 Å². The average Bonchev–Trinajstić information content (AvgIpc) is 2.99. The Kier molecular flexibility index (Phi) is 4.86. The molecule has 5 N–H and O–H groups in total. The van der Waals surface area contributed by atoms with Crippen LogP contribution in [0.1, 0.15) is 5.56 Å². The van der Waals surface area contributed by atoms with Crippen molar-refractivity contribution >= 4 is 0 Å². The minimum atomic E-state index is -1.09. The number of aromatic nitrogens is 2. The first-order valence-corrected chi connectivity index (χ1v) is 6.40. The van der Waals surface area contributed by atoms with Crippen LogP contribution < -0.4 is 5.32 Å². The van der Waals surface area contributed by atoms with Crippen LogP contribution in [-0.2, 0) is 6.54 Å². The third-order valence-electron chi connectivity index (χ3n) is 3.34. The number of benzene rings is 1. The first kappa shape index (κ1) is 14.7. The molecule has 2 rings (SSSR count). The van der Waals surface area contributed by atoms with Gasteiger partial charge in [0.15, 0.2) is 0 Å². The molecule has 2 aromatic rings. The number of aliphatic hydroxyl groups excluding tert-OH is 3. The van der Waals surface area contributed by atoms with E-state index in [4.69, 9.17) is 0 Å². The quantitative estimate of drug-likeness (QED) is 0.486. The second kappa shape index (κ2) is 6.62. The van der Waals surface area contributed by atoms with Gasteiger partial charge in [-0.3, -0.25) is 5.10 Å². The minimum absolute atomic E-state index is 0.349. The number of hydrogen-bond acceptors (Lipinski definition) is 5. The minimum Gasteiger partial charge on any atom is -0.394 e. The van der Waals surface area contributed by atoms with Gasteiger partial charge in [-0.25, -0.2) is 0 Å². The third-order valence-corrected chi connectivity index (χ3v) is 3.34. The van der Waals surface area contributed by atoms with Crippen LogP contribution in [0, 0.1) is 0 Å². The van der Waals surface area contributed by atoms with Crippen LogP contribution in [0.25, 0.3) is 11.3 Å². The summed E-state index contributed by atoms with van der Waals surface area (Å²) in [5, 5.41) is 37.8. The van der Waals surface area contributed by atoms with Crippen molar-refractivity contribution in [1.82, 2.24) is 15.5 Å². The maximum absolute atomic E-state index is 9.29. The average molecular weight is 277 g/mol. The molecule has 0 spiro atoms. The zero-order valence-corrected chi connectivity index (χ0v) is 11.1. The lowest BCUT2D eigenvalue weighted by Crippen LogP contribution is -2.54. The van der Waals surface area contributed by atoms with Crippen molar-refractivity contribution in [2.45, 2.75) is 12.1 Å². The molecule has 6 nitrogen and oxygen atoms in total. The van der Waals surface area contributed by atoms with E-state index in [9.17, 15) is 15.3 Å². The SMILES string of the molecule is OCC(CO)(CO)NCc1cn[nH]c1-c1ccccc1. The van der Waals surface area contributed by atoms with Gasteiger partial charge in [0, 0.05) is 12.1 Å². The molecule has 0 radical (unpaired) electrons. The van der Waals surface area contributed by atoms with Crippen LogP contribution in [0.2, 0.25) is 0 Å². The van der Waals surface area contributed by atoms with Crippen LogP contribution in [0.15, 0.2) is 36.5 Å². The fourth-order valence-corrected chi connectivity index (χ4v) is 1.90. The van der Waals surface area contributed by atoms with E-state index in [0.717, 1.165) is 16.8 Å². The molecule has 6 heteroatoms. The Morgan fingerprint density at radius 1 is 1.05 bits per heavy atom. The van der Waals surface area contributed by atoms with Crippen LogP contribution in [0.5, 0.6) is 0 Å². The van der Waals surface area contributed by atoms with E-state index in [0.29, 0.717) is 6.54 Å². The number of nitrogens with one attached hydrogen (secondary N) is 2. The molecule has 0 bridgehead atoms. The van der Waals surface area contributed by atoms with E-state index in [1.807, 2.05) is 30.3 Å². The highest BCUT2D eigenvalue weighted by molar-refractivity contribution is 5.62. The zero-order valence-electron chi connectivity index (χ0n) is 11.1. The fraction of sp³-hybridized carbons (Fsp3) is 0.357. The highest BCUT2D eigenvalue weighted by Gasteiger charge is 2.27. The molecule has 0 unspecified atom stereocenters. The smallest absolute Gasteiger partial charge is 0.0884 e. The highest BCUT2D eigenvalue weighted by Crippen LogP contribution is 2.20. The normalized spacial score (nSPS) is 11.8. The molecule has 1 aromatic carbocycles. The predicted octanol–water partition coefficient (Wildman–Crippen LogP) is -0.118. The van der Waals surface area contributed by atoms with Gasteiger partial charge in [0.1, 0.15) is 0 Å². The van der Waals surface area contributed by atoms with Gasteiger partial charge in [0.2, 0.25) is 0 Å². The topological polar surface area (TPSA) is 101 Å². The monoisotopic (exact) mass is 277 g/mol. The second-order valence-electron chi connectivity index (χ2n) is 4.74. The molecule has 0 amide bonds. The number of nitrogens with zero attached hydrogens (tertiary/aromatic N) is 1. The number of aromatic amines is 1. The fourth-order valence-electron chi connectivity index (χ4n) is 1.90. The van der Waals surface area contributed by atoms with Gasteiger partial charge in [0.05, 0.1) is 37.3 Å².